The smallest absolute Gasteiger partial charge is 0.135 e. The molecule has 0 aliphatic rings. The number of rotatable bonds is 6. The zero-order valence-corrected chi connectivity index (χ0v) is 39.8. The van der Waals surface area contributed by atoms with Gasteiger partial charge in [-0.1, -0.05) is 184 Å². The summed E-state index contributed by atoms with van der Waals surface area (Å²) in [6, 6.07) is 56.5. The van der Waals surface area contributed by atoms with E-state index < -0.39 is 0 Å². The Morgan fingerprint density at radius 1 is 0.328 bits per heavy atom. The Hall–Kier alpha value is -6.32. The van der Waals surface area contributed by atoms with Crippen molar-refractivity contribution in [2.45, 2.75) is 114 Å². The maximum Gasteiger partial charge on any atom is 0.135 e. The molecule has 0 radical (unpaired) electrons. The number of fused-ring (bicyclic) bond motifs is 2. The lowest BCUT2D eigenvalue weighted by Gasteiger charge is -2.21. The largest absolute Gasteiger partial charge is 0.457 e. The van der Waals surface area contributed by atoms with Crippen molar-refractivity contribution < 1.29 is 14.2 Å². The van der Waals surface area contributed by atoms with Crippen molar-refractivity contribution in [1.29, 1.82) is 0 Å². The first-order valence-electron chi connectivity index (χ1n) is 22.1. The predicted molar refractivity (Wildman–Crippen MR) is 276 cm³/mol. The summed E-state index contributed by atoms with van der Waals surface area (Å²) >= 11 is 0. The molecule has 0 heterocycles. The minimum Gasteiger partial charge on any atom is -0.457 e. The van der Waals surface area contributed by atoms with Gasteiger partial charge in [-0.15, -0.1) is 0 Å². The summed E-state index contributed by atoms with van der Waals surface area (Å²) in [4.78, 5) is 0. The maximum absolute atomic E-state index is 6.31. The summed E-state index contributed by atoms with van der Waals surface area (Å²) in [5.41, 5.74) is 9.19. The van der Waals surface area contributed by atoms with Crippen LogP contribution in [0.5, 0.6) is 34.5 Å². The Bertz CT molecular complexity index is 2770. The Kier molecular flexibility index (Phi) is 15.6. The van der Waals surface area contributed by atoms with E-state index in [1.807, 2.05) is 42.5 Å². The topological polar surface area (TPSA) is 27.7 Å². The zero-order valence-electron chi connectivity index (χ0n) is 39.8. The lowest BCUT2D eigenvalue weighted by molar-refractivity contribution is 0.478. The van der Waals surface area contributed by atoms with Crippen LogP contribution >= 0.6 is 0 Å². The number of hydrogen-bond donors (Lipinski definition) is 0. The molecule has 64 heavy (non-hydrogen) atoms. The van der Waals surface area contributed by atoms with Gasteiger partial charge in [0.25, 0.3) is 0 Å². The monoisotopic (exact) mass is 851 g/mol. The molecule has 332 valence electrons. The molecule has 8 aromatic carbocycles. The molecular weight excluding hydrogens is 781 g/mol. The molecule has 3 nitrogen and oxygen atoms in total. The van der Waals surface area contributed by atoms with E-state index in [2.05, 4.69) is 211 Å². The summed E-state index contributed by atoms with van der Waals surface area (Å²) in [7, 11) is 0. The van der Waals surface area contributed by atoms with Gasteiger partial charge >= 0.3 is 0 Å². The molecule has 0 N–H and O–H groups in total. The molecule has 0 bridgehead atoms. The van der Waals surface area contributed by atoms with E-state index in [1.165, 1.54) is 49.5 Å². The zero-order chi connectivity index (χ0) is 45.5. The molecular formula is C61H70O3. The summed E-state index contributed by atoms with van der Waals surface area (Å²) in [6.45, 7) is 28.4. The van der Waals surface area contributed by atoms with Gasteiger partial charge in [-0.05, 0) is 149 Å². The van der Waals surface area contributed by atoms with Crippen molar-refractivity contribution in [3.05, 3.63) is 203 Å². The third kappa shape index (κ3) is 12.9. The summed E-state index contributed by atoms with van der Waals surface area (Å²) < 4.78 is 18.2. The number of benzene rings is 8. The Balaban J connectivity index is 0.000000181. The molecule has 0 saturated heterocycles. The SMILES string of the molecule is C.Cc1ccc(C(C)(C)C)cc1Oc1ccc(C)c2ccccc12.Cc1ccc(Oc2ccc3cccc(C(C)(C)C)c3c2)cc1.Cc1ccc(Oc2cccc(C(C)(C)C)c2)cc1. The van der Waals surface area contributed by atoms with Crippen LogP contribution < -0.4 is 14.2 Å². The average molecular weight is 851 g/mol. The van der Waals surface area contributed by atoms with Crippen LogP contribution in [0.15, 0.2) is 164 Å². The molecule has 0 fully saturated rings. The van der Waals surface area contributed by atoms with Gasteiger partial charge in [0.2, 0.25) is 0 Å². The highest BCUT2D eigenvalue weighted by Crippen LogP contribution is 2.37. The van der Waals surface area contributed by atoms with Crippen molar-refractivity contribution in [2.24, 2.45) is 0 Å². The minimum atomic E-state index is 0. The van der Waals surface area contributed by atoms with Crippen LogP contribution in [0.25, 0.3) is 21.5 Å². The third-order valence-electron chi connectivity index (χ3n) is 11.3. The van der Waals surface area contributed by atoms with Crippen molar-refractivity contribution >= 4 is 21.5 Å². The van der Waals surface area contributed by atoms with Crippen molar-refractivity contribution in [1.82, 2.24) is 0 Å². The van der Waals surface area contributed by atoms with Crippen LogP contribution in [-0.2, 0) is 16.2 Å². The molecule has 0 aliphatic carbocycles. The van der Waals surface area contributed by atoms with Crippen LogP contribution in [0.4, 0.5) is 0 Å². The second-order valence-corrected chi connectivity index (χ2v) is 19.8. The molecule has 0 aliphatic heterocycles. The highest BCUT2D eigenvalue weighted by molar-refractivity contribution is 5.91. The second kappa shape index (κ2) is 20.5. The van der Waals surface area contributed by atoms with Gasteiger partial charge in [0.15, 0.2) is 0 Å². The van der Waals surface area contributed by atoms with Gasteiger partial charge in [0, 0.05) is 5.39 Å². The highest BCUT2D eigenvalue weighted by Gasteiger charge is 2.18. The van der Waals surface area contributed by atoms with E-state index in [0.717, 1.165) is 45.4 Å². The quantitative estimate of drug-likeness (QED) is 0.167. The van der Waals surface area contributed by atoms with Gasteiger partial charge < -0.3 is 14.2 Å². The molecule has 0 aromatic heterocycles. The van der Waals surface area contributed by atoms with E-state index in [1.54, 1.807) is 0 Å². The van der Waals surface area contributed by atoms with Gasteiger partial charge in [-0.25, -0.2) is 0 Å². The first-order valence-corrected chi connectivity index (χ1v) is 22.1. The van der Waals surface area contributed by atoms with Crippen molar-refractivity contribution in [3.63, 3.8) is 0 Å². The Morgan fingerprint density at radius 3 is 1.42 bits per heavy atom. The van der Waals surface area contributed by atoms with Crippen LogP contribution in [-0.4, -0.2) is 0 Å². The van der Waals surface area contributed by atoms with E-state index >= 15 is 0 Å². The first-order chi connectivity index (χ1) is 29.7. The fourth-order valence-corrected chi connectivity index (χ4v) is 7.29. The number of hydrogen-bond acceptors (Lipinski definition) is 3. The molecule has 8 aromatic rings. The van der Waals surface area contributed by atoms with Gasteiger partial charge in [-0.3, -0.25) is 0 Å². The van der Waals surface area contributed by atoms with E-state index in [9.17, 15) is 0 Å². The van der Waals surface area contributed by atoms with Crippen molar-refractivity contribution in [2.75, 3.05) is 0 Å². The molecule has 0 spiro atoms. The fraction of sp³-hybridized carbons (Fsp3) is 0.279. The molecule has 3 heteroatoms. The van der Waals surface area contributed by atoms with Crippen LogP contribution in [0.3, 0.4) is 0 Å². The lowest BCUT2D eigenvalue weighted by atomic mass is 9.84. The molecule has 0 unspecified atom stereocenters. The van der Waals surface area contributed by atoms with Crippen molar-refractivity contribution in [3.8, 4) is 34.5 Å². The molecule has 0 amide bonds. The number of ether oxygens (including phenoxy) is 3. The summed E-state index contributed by atoms with van der Waals surface area (Å²) in [6.07, 6.45) is 0. The Morgan fingerprint density at radius 2 is 0.844 bits per heavy atom. The summed E-state index contributed by atoms with van der Waals surface area (Å²) in [5, 5.41) is 4.92. The predicted octanol–water partition coefficient (Wildman–Crippen LogP) is 18.5. The van der Waals surface area contributed by atoms with E-state index in [4.69, 9.17) is 14.2 Å². The molecule has 0 saturated carbocycles. The fourth-order valence-electron chi connectivity index (χ4n) is 7.29. The average Bonchev–Trinajstić information content (AvgIpc) is 3.24. The minimum absolute atomic E-state index is 0. The first kappa shape index (κ1) is 48.7. The lowest BCUT2D eigenvalue weighted by Crippen LogP contribution is -2.11. The van der Waals surface area contributed by atoms with Gasteiger partial charge in [0.1, 0.15) is 34.5 Å². The standard InChI is InChI=1S/C22H24O.C21H22O.C17H20O.CH4/c1-15-11-13-20(19-9-7-6-8-18(15)19)23-21-14-17(22(3,4)5)12-10-16(21)2;1-15-8-11-17(12-9-15)22-18-13-10-16-6-5-7-20(19(16)14-18)21(2,3)4;1-13-8-10-15(11-9-13)18-16-7-5-6-14(12-16)17(2,3)4;/h6-14H,1-5H3;5-14H,1-4H3;5-12H,1-4H3;1H4. The second-order valence-electron chi connectivity index (χ2n) is 19.8. The molecule has 8 rings (SSSR count). The highest BCUT2D eigenvalue weighted by atomic mass is 16.5. The Labute approximate surface area is 385 Å². The van der Waals surface area contributed by atoms with Gasteiger partial charge in [-0.2, -0.15) is 0 Å². The number of aryl methyl sites for hydroxylation is 4. The van der Waals surface area contributed by atoms with Crippen LogP contribution in [0.2, 0.25) is 0 Å². The normalized spacial score (nSPS) is 11.4. The van der Waals surface area contributed by atoms with Crippen LogP contribution in [0.1, 0.15) is 109 Å². The van der Waals surface area contributed by atoms with Gasteiger partial charge in [0.05, 0.1) is 0 Å². The molecule has 0 atom stereocenters. The van der Waals surface area contributed by atoms with E-state index in [0.29, 0.717) is 0 Å². The summed E-state index contributed by atoms with van der Waals surface area (Å²) in [5.74, 6) is 5.39. The maximum atomic E-state index is 6.31. The van der Waals surface area contributed by atoms with Crippen LogP contribution in [0, 0.1) is 27.7 Å². The van der Waals surface area contributed by atoms with E-state index in [-0.39, 0.29) is 23.7 Å². The third-order valence-corrected chi connectivity index (χ3v) is 11.3.